The highest BCUT2D eigenvalue weighted by Gasteiger charge is 2.19. The second-order valence-corrected chi connectivity index (χ2v) is 3.79. The third kappa shape index (κ3) is 2.46. The molecule has 4 nitrogen and oxygen atoms in total. The van der Waals surface area contributed by atoms with Crippen molar-refractivity contribution in [2.24, 2.45) is 5.92 Å². The van der Waals surface area contributed by atoms with Gasteiger partial charge in [0.25, 0.3) is 0 Å². The first-order chi connectivity index (χ1) is 7.25. The summed E-state index contributed by atoms with van der Waals surface area (Å²) in [5.41, 5.74) is 0. The molecule has 1 N–H and O–H groups in total. The zero-order valence-corrected chi connectivity index (χ0v) is 8.69. The molecule has 0 aliphatic heterocycles. The SMILES string of the molecule is Cc1cc(NC(=O)[C@@H]2CC=CCC2)no1. The summed E-state index contributed by atoms with van der Waals surface area (Å²) in [6, 6.07) is 1.72. The van der Waals surface area contributed by atoms with E-state index < -0.39 is 0 Å². The molecule has 1 heterocycles. The van der Waals surface area contributed by atoms with Crippen LogP contribution in [0.25, 0.3) is 0 Å². The van der Waals surface area contributed by atoms with Crippen LogP contribution in [0.4, 0.5) is 5.82 Å². The number of allylic oxidation sites excluding steroid dienone is 2. The van der Waals surface area contributed by atoms with Gasteiger partial charge in [-0.05, 0) is 26.2 Å². The predicted octanol–water partition coefficient (Wildman–Crippen LogP) is 2.28. The van der Waals surface area contributed by atoms with E-state index in [1.807, 2.05) is 0 Å². The number of nitrogens with zero attached hydrogens (tertiary/aromatic N) is 1. The summed E-state index contributed by atoms with van der Waals surface area (Å²) in [6.07, 6.45) is 6.89. The molecule has 0 fully saturated rings. The zero-order valence-electron chi connectivity index (χ0n) is 8.69. The molecule has 0 saturated heterocycles. The van der Waals surface area contributed by atoms with Crippen LogP contribution in [-0.2, 0) is 4.79 Å². The molecule has 0 bridgehead atoms. The number of aryl methyl sites for hydroxylation is 1. The van der Waals surface area contributed by atoms with Gasteiger partial charge >= 0.3 is 0 Å². The largest absolute Gasteiger partial charge is 0.360 e. The van der Waals surface area contributed by atoms with Crippen molar-refractivity contribution >= 4 is 11.7 Å². The van der Waals surface area contributed by atoms with Crippen LogP contribution in [0.3, 0.4) is 0 Å². The van der Waals surface area contributed by atoms with E-state index in [1.165, 1.54) is 0 Å². The average molecular weight is 206 g/mol. The zero-order chi connectivity index (χ0) is 10.7. The van der Waals surface area contributed by atoms with E-state index in [-0.39, 0.29) is 11.8 Å². The number of hydrogen-bond donors (Lipinski definition) is 1. The fourth-order valence-corrected chi connectivity index (χ4v) is 1.69. The summed E-state index contributed by atoms with van der Waals surface area (Å²) in [5.74, 6) is 1.32. The lowest BCUT2D eigenvalue weighted by Gasteiger charge is -2.15. The first-order valence-corrected chi connectivity index (χ1v) is 5.15. The van der Waals surface area contributed by atoms with E-state index >= 15 is 0 Å². The van der Waals surface area contributed by atoms with E-state index in [4.69, 9.17) is 4.52 Å². The summed E-state index contributed by atoms with van der Waals surface area (Å²) >= 11 is 0. The van der Waals surface area contributed by atoms with Gasteiger partial charge in [-0.15, -0.1) is 0 Å². The van der Waals surface area contributed by atoms with Gasteiger partial charge in [-0.25, -0.2) is 0 Å². The van der Waals surface area contributed by atoms with Crippen molar-refractivity contribution in [3.8, 4) is 0 Å². The number of carbonyl (C=O) groups is 1. The maximum atomic E-state index is 11.8. The maximum Gasteiger partial charge on any atom is 0.229 e. The predicted molar refractivity (Wildman–Crippen MR) is 56.4 cm³/mol. The Balaban J connectivity index is 1.94. The number of hydrogen-bond acceptors (Lipinski definition) is 3. The standard InChI is InChI=1S/C11H14N2O2/c1-8-7-10(13-15-8)12-11(14)9-5-3-2-4-6-9/h2-3,7,9H,4-6H2,1H3,(H,12,13,14)/t9-/m1/s1. The molecule has 1 aliphatic carbocycles. The number of aromatic nitrogens is 1. The molecule has 1 atom stereocenters. The molecular formula is C11H14N2O2. The Kier molecular flexibility index (Phi) is 2.85. The molecule has 1 aliphatic rings. The minimum absolute atomic E-state index is 0.0349. The summed E-state index contributed by atoms with van der Waals surface area (Å²) in [4.78, 5) is 11.8. The summed E-state index contributed by atoms with van der Waals surface area (Å²) in [7, 11) is 0. The van der Waals surface area contributed by atoms with Crippen molar-refractivity contribution in [2.45, 2.75) is 26.2 Å². The molecule has 4 heteroatoms. The Morgan fingerprint density at radius 2 is 2.47 bits per heavy atom. The lowest BCUT2D eigenvalue weighted by atomic mass is 9.94. The number of amides is 1. The van der Waals surface area contributed by atoms with Crippen LogP contribution in [0.2, 0.25) is 0 Å². The van der Waals surface area contributed by atoms with Crippen molar-refractivity contribution in [2.75, 3.05) is 5.32 Å². The fourth-order valence-electron chi connectivity index (χ4n) is 1.69. The van der Waals surface area contributed by atoms with E-state index in [2.05, 4.69) is 22.6 Å². The van der Waals surface area contributed by atoms with Gasteiger partial charge in [0, 0.05) is 12.0 Å². The second-order valence-electron chi connectivity index (χ2n) is 3.79. The van der Waals surface area contributed by atoms with Gasteiger partial charge in [-0.1, -0.05) is 17.3 Å². The van der Waals surface area contributed by atoms with E-state index in [1.54, 1.807) is 13.0 Å². The van der Waals surface area contributed by atoms with Gasteiger partial charge in [0.2, 0.25) is 5.91 Å². The Bertz CT molecular complexity index is 382. The highest BCUT2D eigenvalue weighted by molar-refractivity contribution is 5.91. The number of carbonyl (C=O) groups excluding carboxylic acids is 1. The Labute approximate surface area is 88.3 Å². The minimum atomic E-state index is 0.0349. The summed E-state index contributed by atoms with van der Waals surface area (Å²) < 4.78 is 4.87. The second kappa shape index (κ2) is 4.29. The topological polar surface area (TPSA) is 55.1 Å². The van der Waals surface area contributed by atoms with Gasteiger partial charge in [-0.3, -0.25) is 4.79 Å². The van der Waals surface area contributed by atoms with Crippen LogP contribution in [0.5, 0.6) is 0 Å². The molecule has 1 aromatic heterocycles. The molecule has 0 radical (unpaired) electrons. The lowest BCUT2D eigenvalue weighted by molar-refractivity contribution is -0.120. The van der Waals surface area contributed by atoms with E-state index in [9.17, 15) is 4.79 Å². The monoisotopic (exact) mass is 206 g/mol. The van der Waals surface area contributed by atoms with E-state index in [0.29, 0.717) is 11.6 Å². The van der Waals surface area contributed by atoms with Crippen LogP contribution < -0.4 is 5.32 Å². The maximum absolute atomic E-state index is 11.8. The molecule has 15 heavy (non-hydrogen) atoms. The molecule has 1 aromatic rings. The normalized spacial score (nSPS) is 20.2. The van der Waals surface area contributed by atoms with Crippen molar-refractivity contribution in [1.29, 1.82) is 0 Å². The molecule has 0 saturated carbocycles. The summed E-state index contributed by atoms with van der Waals surface area (Å²) in [5, 5.41) is 6.48. The van der Waals surface area contributed by atoms with Crippen LogP contribution in [0.15, 0.2) is 22.7 Å². The third-order valence-electron chi connectivity index (χ3n) is 2.52. The number of anilines is 1. The van der Waals surface area contributed by atoms with Crippen molar-refractivity contribution < 1.29 is 9.32 Å². The lowest BCUT2D eigenvalue weighted by Crippen LogP contribution is -2.23. The Morgan fingerprint density at radius 1 is 1.60 bits per heavy atom. The van der Waals surface area contributed by atoms with Crippen LogP contribution in [-0.4, -0.2) is 11.1 Å². The molecular weight excluding hydrogens is 192 g/mol. The van der Waals surface area contributed by atoms with Gasteiger partial charge in [-0.2, -0.15) is 0 Å². The molecule has 0 unspecified atom stereocenters. The van der Waals surface area contributed by atoms with Crippen LogP contribution >= 0.6 is 0 Å². The minimum Gasteiger partial charge on any atom is -0.360 e. The smallest absolute Gasteiger partial charge is 0.229 e. The molecule has 1 amide bonds. The van der Waals surface area contributed by atoms with Crippen LogP contribution in [0, 0.1) is 12.8 Å². The van der Waals surface area contributed by atoms with Gasteiger partial charge < -0.3 is 9.84 Å². The molecule has 80 valence electrons. The van der Waals surface area contributed by atoms with Gasteiger partial charge in [0.15, 0.2) is 5.82 Å². The number of nitrogens with one attached hydrogen (secondary N) is 1. The quantitative estimate of drug-likeness (QED) is 0.755. The fraction of sp³-hybridized carbons (Fsp3) is 0.455. The van der Waals surface area contributed by atoms with Crippen molar-refractivity contribution in [3.63, 3.8) is 0 Å². The van der Waals surface area contributed by atoms with Crippen LogP contribution in [0.1, 0.15) is 25.0 Å². The first-order valence-electron chi connectivity index (χ1n) is 5.15. The van der Waals surface area contributed by atoms with E-state index in [0.717, 1.165) is 19.3 Å². The highest BCUT2D eigenvalue weighted by atomic mass is 16.5. The van der Waals surface area contributed by atoms with Crippen molar-refractivity contribution in [3.05, 3.63) is 24.0 Å². The highest BCUT2D eigenvalue weighted by Crippen LogP contribution is 2.20. The van der Waals surface area contributed by atoms with Gasteiger partial charge in [0.05, 0.1) is 0 Å². The molecule has 2 rings (SSSR count). The third-order valence-corrected chi connectivity index (χ3v) is 2.52. The Morgan fingerprint density at radius 3 is 3.07 bits per heavy atom. The molecule has 0 spiro atoms. The van der Waals surface area contributed by atoms with Gasteiger partial charge in [0.1, 0.15) is 5.76 Å². The molecule has 0 aromatic carbocycles. The summed E-state index contributed by atoms with van der Waals surface area (Å²) in [6.45, 7) is 1.80. The first kappa shape index (κ1) is 9.96. The van der Waals surface area contributed by atoms with Crippen molar-refractivity contribution in [1.82, 2.24) is 5.16 Å². The average Bonchev–Trinajstić information content (AvgIpc) is 2.65. The Hall–Kier alpha value is -1.58. The number of rotatable bonds is 2.